The fourth-order valence-electron chi connectivity index (χ4n) is 2.33. The Balaban J connectivity index is 2.24. The minimum atomic E-state index is -0.139. The Kier molecular flexibility index (Phi) is 4.71. The second-order valence-electron chi connectivity index (χ2n) is 5.70. The van der Waals surface area contributed by atoms with Gasteiger partial charge < -0.3 is 0 Å². The lowest BCUT2D eigenvalue weighted by Crippen LogP contribution is -2.02. The second kappa shape index (κ2) is 6.52. The summed E-state index contributed by atoms with van der Waals surface area (Å²) in [5, 5.41) is 0. The Bertz CT molecular complexity index is 702. The van der Waals surface area contributed by atoms with Crippen molar-refractivity contribution in [2.45, 2.75) is 27.7 Å². The highest BCUT2D eigenvalue weighted by Gasteiger charge is 2.09. The number of hydrogen-bond donors (Lipinski definition) is 0. The molecule has 0 aliphatic carbocycles. The molecule has 0 aromatic heterocycles. The van der Waals surface area contributed by atoms with Gasteiger partial charge in [0.1, 0.15) is 0 Å². The monoisotopic (exact) mass is 292 g/mol. The minimum absolute atomic E-state index is 0.139. The largest absolute Gasteiger partial charge is 0.289 e. The zero-order valence-electron chi connectivity index (χ0n) is 13.4. The van der Waals surface area contributed by atoms with Gasteiger partial charge in [-0.15, -0.1) is 0 Å². The molecule has 0 saturated heterocycles. The molecule has 0 radical (unpaired) electrons. The summed E-state index contributed by atoms with van der Waals surface area (Å²) in [7, 11) is 0. The van der Waals surface area contributed by atoms with E-state index < -0.39 is 0 Å². The van der Waals surface area contributed by atoms with Gasteiger partial charge in [0.2, 0.25) is 0 Å². The summed E-state index contributed by atoms with van der Waals surface area (Å²) in [6, 6.07) is 11.5. The molecule has 0 fully saturated rings. The maximum absolute atomic E-state index is 12.3. The first-order valence-corrected chi connectivity index (χ1v) is 7.29. The van der Waals surface area contributed by atoms with E-state index in [-0.39, 0.29) is 11.6 Å². The topological polar surface area (TPSA) is 34.1 Å². The molecule has 0 spiro atoms. The Morgan fingerprint density at radius 3 is 1.41 bits per heavy atom. The molecule has 2 aromatic carbocycles. The molecule has 0 aliphatic rings. The van der Waals surface area contributed by atoms with E-state index in [2.05, 4.69) is 0 Å². The molecule has 0 N–H and O–H groups in total. The average Bonchev–Trinajstić information content (AvgIpc) is 2.49. The lowest BCUT2D eigenvalue weighted by molar-refractivity contribution is 0.102. The van der Waals surface area contributed by atoms with Gasteiger partial charge in [-0.1, -0.05) is 35.4 Å². The summed E-state index contributed by atoms with van der Waals surface area (Å²) in [6.07, 6.45) is 2.73. The number of hydrogen-bond acceptors (Lipinski definition) is 2. The molecule has 22 heavy (non-hydrogen) atoms. The highest BCUT2D eigenvalue weighted by molar-refractivity contribution is 6.12. The molecule has 112 valence electrons. The van der Waals surface area contributed by atoms with Crippen molar-refractivity contribution >= 4 is 11.6 Å². The molecule has 0 unspecified atom stereocenters. The van der Waals surface area contributed by atoms with Crippen molar-refractivity contribution < 1.29 is 9.59 Å². The number of aryl methyl sites for hydroxylation is 4. The van der Waals surface area contributed by atoms with Crippen molar-refractivity contribution in [2.75, 3.05) is 0 Å². The van der Waals surface area contributed by atoms with Gasteiger partial charge in [0, 0.05) is 11.1 Å². The summed E-state index contributed by atoms with van der Waals surface area (Å²) in [5.74, 6) is -0.278. The van der Waals surface area contributed by atoms with E-state index in [0.717, 1.165) is 22.3 Å². The smallest absolute Gasteiger partial charge is 0.186 e. The van der Waals surface area contributed by atoms with E-state index in [1.165, 1.54) is 12.2 Å². The zero-order valence-corrected chi connectivity index (χ0v) is 13.4. The van der Waals surface area contributed by atoms with E-state index in [0.29, 0.717) is 11.1 Å². The predicted octanol–water partition coefficient (Wildman–Crippen LogP) is 4.54. The molecular formula is C20H20O2. The quantitative estimate of drug-likeness (QED) is 0.612. The molecule has 0 aliphatic heterocycles. The number of carbonyl (C=O) groups excluding carboxylic acids is 2. The first kappa shape index (κ1) is 15.9. The summed E-state index contributed by atoms with van der Waals surface area (Å²) >= 11 is 0. The lowest BCUT2D eigenvalue weighted by Gasteiger charge is -2.04. The second-order valence-corrected chi connectivity index (χ2v) is 5.70. The van der Waals surface area contributed by atoms with Crippen molar-refractivity contribution in [3.05, 3.63) is 81.9 Å². The zero-order chi connectivity index (χ0) is 16.3. The van der Waals surface area contributed by atoms with Crippen molar-refractivity contribution in [2.24, 2.45) is 0 Å². The molecule has 2 rings (SSSR count). The van der Waals surface area contributed by atoms with Crippen LogP contribution in [0.2, 0.25) is 0 Å². The number of allylic oxidation sites excluding steroid dienone is 2. The first-order chi connectivity index (χ1) is 10.4. The maximum atomic E-state index is 12.3. The van der Waals surface area contributed by atoms with Crippen LogP contribution in [0.15, 0.2) is 48.6 Å². The SMILES string of the molecule is Cc1ccc(C)c(C(=O)C=CC(=O)c2cc(C)ccc2C)c1. The van der Waals surface area contributed by atoms with Crippen LogP contribution in [-0.2, 0) is 0 Å². The lowest BCUT2D eigenvalue weighted by atomic mass is 9.99. The van der Waals surface area contributed by atoms with Crippen LogP contribution in [0.1, 0.15) is 43.0 Å². The van der Waals surface area contributed by atoms with Crippen LogP contribution < -0.4 is 0 Å². The number of rotatable bonds is 4. The van der Waals surface area contributed by atoms with Gasteiger partial charge in [0.25, 0.3) is 0 Å². The van der Waals surface area contributed by atoms with E-state index in [9.17, 15) is 9.59 Å². The summed E-state index contributed by atoms with van der Waals surface area (Å²) in [6.45, 7) is 7.68. The summed E-state index contributed by atoms with van der Waals surface area (Å²) < 4.78 is 0. The number of benzene rings is 2. The van der Waals surface area contributed by atoms with Crippen LogP contribution in [0.5, 0.6) is 0 Å². The van der Waals surface area contributed by atoms with Crippen LogP contribution in [0.4, 0.5) is 0 Å². The van der Waals surface area contributed by atoms with Gasteiger partial charge >= 0.3 is 0 Å². The van der Waals surface area contributed by atoms with Crippen molar-refractivity contribution in [3.63, 3.8) is 0 Å². The normalized spacial score (nSPS) is 10.9. The van der Waals surface area contributed by atoms with Crippen molar-refractivity contribution in [3.8, 4) is 0 Å². The molecule has 0 amide bonds. The molecule has 2 heteroatoms. The minimum Gasteiger partial charge on any atom is -0.289 e. The van der Waals surface area contributed by atoms with Gasteiger partial charge in [-0.05, 0) is 63.1 Å². The molecule has 2 nitrogen and oxygen atoms in total. The Hall–Kier alpha value is -2.48. The van der Waals surface area contributed by atoms with E-state index in [4.69, 9.17) is 0 Å². The summed E-state index contributed by atoms with van der Waals surface area (Å²) in [5.41, 5.74) is 5.18. The molecule has 0 atom stereocenters. The molecular weight excluding hydrogens is 272 g/mol. The van der Waals surface area contributed by atoms with Gasteiger partial charge in [-0.25, -0.2) is 0 Å². The fraction of sp³-hybridized carbons (Fsp3) is 0.200. The van der Waals surface area contributed by atoms with Crippen molar-refractivity contribution in [1.29, 1.82) is 0 Å². The van der Waals surface area contributed by atoms with Crippen LogP contribution in [-0.4, -0.2) is 11.6 Å². The van der Waals surface area contributed by atoms with Gasteiger partial charge in [0.15, 0.2) is 11.6 Å². The third kappa shape index (κ3) is 3.59. The Labute approximate surface area is 131 Å². The van der Waals surface area contributed by atoms with E-state index >= 15 is 0 Å². The van der Waals surface area contributed by atoms with Crippen molar-refractivity contribution in [1.82, 2.24) is 0 Å². The maximum Gasteiger partial charge on any atom is 0.186 e. The van der Waals surface area contributed by atoms with Gasteiger partial charge in [0.05, 0.1) is 0 Å². The number of ketones is 2. The summed E-state index contributed by atoms with van der Waals surface area (Å²) in [4.78, 5) is 24.5. The standard InChI is InChI=1S/C20H20O2/c1-13-5-7-15(3)17(11-13)19(21)9-10-20(22)18-12-14(2)6-8-16(18)4/h5-12H,1-4H3. The average molecular weight is 292 g/mol. The van der Waals surface area contributed by atoms with E-state index in [1.54, 1.807) is 0 Å². The van der Waals surface area contributed by atoms with Crippen LogP contribution in [0.25, 0.3) is 0 Å². The van der Waals surface area contributed by atoms with Crippen LogP contribution in [0, 0.1) is 27.7 Å². The molecule has 0 heterocycles. The van der Waals surface area contributed by atoms with Gasteiger partial charge in [-0.2, -0.15) is 0 Å². The highest BCUT2D eigenvalue weighted by atomic mass is 16.1. The Morgan fingerprint density at radius 1 is 0.682 bits per heavy atom. The molecule has 0 saturated carbocycles. The Morgan fingerprint density at radius 2 is 1.05 bits per heavy atom. The van der Waals surface area contributed by atoms with Crippen LogP contribution >= 0.6 is 0 Å². The predicted molar refractivity (Wildman–Crippen MR) is 89.6 cm³/mol. The molecule has 2 aromatic rings. The third-order valence-corrected chi connectivity index (χ3v) is 3.70. The van der Waals surface area contributed by atoms with E-state index in [1.807, 2.05) is 64.1 Å². The number of carbonyl (C=O) groups is 2. The fourth-order valence-corrected chi connectivity index (χ4v) is 2.33. The molecule has 0 bridgehead atoms. The third-order valence-electron chi connectivity index (χ3n) is 3.70. The highest BCUT2D eigenvalue weighted by Crippen LogP contribution is 2.14. The van der Waals surface area contributed by atoms with Crippen LogP contribution in [0.3, 0.4) is 0 Å². The first-order valence-electron chi connectivity index (χ1n) is 7.29. The van der Waals surface area contributed by atoms with Gasteiger partial charge in [-0.3, -0.25) is 9.59 Å².